The minimum absolute atomic E-state index is 0.408. The van der Waals surface area contributed by atoms with E-state index in [1.165, 1.54) is 14.2 Å². The molecular formula is C11H15O5P. The predicted octanol–water partition coefficient (Wildman–Crippen LogP) is 2.39. The maximum Gasteiger partial charge on any atom is 0.341 e. The van der Waals surface area contributed by atoms with Gasteiger partial charge in [-0.3, -0.25) is 9.36 Å². The number of hydrogen-bond acceptors (Lipinski definition) is 5. The summed E-state index contributed by atoms with van der Waals surface area (Å²) in [5, 5.41) is 0. The molecule has 0 spiro atoms. The van der Waals surface area contributed by atoms with Gasteiger partial charge < -0.3 is 13.8 Å². The average Bonchev–Trinajstić information content (AvgIpc) is 2.32. The van der Waals surface area contributed by atoms with Crippen LogP contribution >= 0.6 is 7.60 Å². The van der Waals surface area contributed by atoms with Crippen LogP contribution < -0.4 is 4.74 Å². The lowest BCUT2D eigenvalue weighted by atomic mass is 10.2. The summed E-state index contributed by atoms with van der Waals surface area (Å²) in [4.78, 5) is 11.5. The molecule has 0 radical (unpaired) electrons. The van der Waals surface area contributed by atoms with E-state index in [1.807, 2.05) is 19.1 Å². The molecule has 0 amide bonds. The van der Waals surface area contributed by atoms with Crippen molar-refractivity contribution in [3.8, 4) is 5.75 Å². The molecule has 1 rings (SSSR count). The molecule has 0 fully saturated rings. The molecule has 0 aromatic heterocycles. The Morgan fingerprint density at radius 1 is 1.24 bits per heavy atom. The molecule has 5 nitrogen and oxygen atoms in total. The highest BCUT2D eigenvalue weighted by Crippen LogP contribution is 2.46. The smallest absolute Gasteiger partial charge is 0.341 e. The number of benzene rings is 1. The number of aryl methyl sites for hydroxylation is 1. The summed E-state index contributed by atoms with van der Waals surface area (Å²) < 4.78 is 26.1. The van der Waals surface area contributed by atoms with Gasteiger partial charge in [-0.1, -0.05) is 18.2 Å². The van der Waals surface area contributed by atoms with Gasteiger partial charge in [-0.2, -0.15) is 0 Å². The Hall–Kier alpha value is -1.16. The fourth-order valence-electron chi connectivity index (χ4n) is 1.19. The fraction of sp³-hybridized carbons (Fsp3) is 0.364. The molecule has 6 heteroatoms. The van der Waals surface area contributed by atoms with E-state index in [0.717, 1.165) is 5.56 Å². The fourth-order valence-corrected chi connectivity index (χ4v) is 1.98. The van der Waals surface area contributed by atoms with Crippen molar-refractivity contribution in [2.75, 3.05) is 20.4 Å². The highest BCUT2D eigenvalue weighted by molar-refractivity contribution is 7.54. The van der Waals surface area contributed by atoms with Gasteiger partial charge in [-0.25, -0.2) is 0 Å². The van der Waals surface area contributed by atoms with Crippen LogP contribution in [0.4, 0.5) is 0 Å². The molecule has 0 N–H and O–H groups in total. The third-order valence-corrected chi connectivity index (χ3v) is 3.95. The number of carbonyl (C=O) groups excluding carboxylic acids is 1. The minimum Gasteiger partial charge on any atom is -0.426 e. The van der Waals surface area contributed by atoms with Crippen LogP contribution in [0.2, 0.25) is 0 Å². The molecule has 0 aliphatic heterocycles. The Balaban J connectivity index is 2.68. The van der Waals surface area contributed by atoms with E-state index >= 15 is 0 Å². The molecule has 0 atom stereocenters. The first-order chi connectivity index (χ1) is 8.00. The predicted molar refractivity (Wildman–Crippen MR) is 63.3 cm³/mol. The largest absolute Gasteiger partial charge is 0.426 e. The van der Waals surface area contributed by atoms with Crippen molar-refractivity contribution in [1.82, 2.24) is 0 Å². The Kier molecular flexibility index (Phi) is 4.87. The molecule has 0 aliphatic rings. The van der Waals surface area contributed by atoms with Gasteiger partial charge in [-0.15, -0.1) is 0 Å². The van der Waals surface area contributed by atoms with Gasteiger partial charge in [0.2, 0.25) is 0 Å². The van der Waals surface area contributed by atoms with E-state index in [9.17, 15) is 9.36 Å². The highest BCUT2D eigenvalue weighted by atomic mass is 31.2. The number of ether oxygens (including phenoxy) is 1. The second-order valence-electron chi connectivity index (χ2n) is 3.37. The third-order valence-electron chi connectivity index (χ3n) is 2.20. The standard InChI is InChI=1S/C11H15O5P/c1-9-6-4-5-7-10(9)16-11(12)8-17(13,14-2)15-3/h4-7H,8H2,1-3H3. The Labute approximate surface area is 100 Å². The molecule has 0 aliphatic carbocycles. The second kappa shape index (κ2) is 5.96. The second-order valence-corrected chi connectivity index (χ2v) is 5.64. The molecule has 0 bridgehead atoms. The van der Waals surface area contributed by atoms with Crippen molar-refractivity contribution in [2.45, 2.75) is 6.92 Å². The Morgan fingerprint density at radius 3 is 2.35 bits per heavy atom. The van der Waals surface area contributed by atoms with Crippen molar-refractivity contribution in [3.63, 3.8) is 0 Å². The van der Waals surface area contributed by atoms with Crippen LogP contribution in [0, 0.1) is 6.92 Å². The van der Waals surface area contributed by atoms with E-state index < -0.39 is 19.7 Å². The zero-order valence-electron chi connectivity index (χ0n) is 10.0. The Bertz CT molecular complexity index is 435. The molecular weight excluding hydrogens is 243 g/mol. The van der Waals surface area contributed by atoms with Crippen molar-refractivity contribution in [3.05, 3.63) is 29.8 Å². The third kappa shape index (κ3) is 3.97. The molecule has 0 unspecified atom stereocenters. The van der Waals surface area contributed by atoms with Crippen molar-refractivity contribution >= 4 is 13.6 Å². The summed E-state index contributed by atoms with van der Waals surface area (Å²) in [5.41, 5.74) is 0.825. The van der Waals surface area contributed by atoms with Gasteiger partial charge in [-0.05, 0) is 18.6 Å². The lowest BCUT2D eigenvalue weighted by Crippen LogP contribution is -2.15. The first-order valence-electron chi connectivity index (χ1n) is 4.97. The monoisotopic (exact) mass is 258 g/mol. The van der Waals surface area contributed by atoms with Crippen molar-refractivity contribution in [1.29, 1.82) is 0 Å². The number of para-hydroxylation sites is 1. The number of carbonyl (C=O) groups is 1. The van der Waals surface area contributed by atoms with Gasteiger partial charge >= 0.3 is 13.6 Å². The van der Waals surface area contributed by atoms with E-state index in [4.69, 9.17) is 4.74 Å². The zero-order valence-corrected chi connectivity index (χ0v) is 10.9. The lowest BCUT2D eigenvalue weighted by Gasteiger charge is -2.13. The molecule has 0 saturated heterocycles. The van der Waals surface area contributed by atoms with Gasteiger partial charge in [0.1, 0.15) is 11.9 Å². The maximum absolute atomic E-state index is 11.7. The lowest BCUT2D eigenvalue weighted by molar-refractivity contribution is -0.131. The highest BCUT2D eigenvalue weighted by Gasteiger charge is 2.27. The van der Waals surface area contributed by atoms with E-state index in [-0.39, 0.29) is 0 Å². The van der Waals surface area contributed by atoms with Crippen molar-refractivity contribution in [2.24, 2.45) is 0 Å². The molecule has 1 aromatic rings. The van der Waals surface area contributed by atoms with Crippen LogP contribution in [0.5, 0.6) is 5.75 Å². The van der Waals surface area contributed by atoms with Crippen LogP contribution in [0.3, 0.4) is 0 Å². The summed E-state index contributed by atoms with van der Waals surface area (Å²) in [7, 11) is -0.909. The van der Waals surface area contributed by atoms with Gasteiger partial charge in [0, 0.05) is 14.2 Å². The molecule has 17 heavy (non-hydrogen) atoms. The van der Waals surface area contributed by atoms with Crippen LogP contribution in [0.25, 0.3) is 0 Å². The first-order valence-corrected chi connectivity index (χ1v) is 6.70. The average molecular weight is 258 g/mol. The summed E-state index contributed by atoms with van der Waals surface area (Å²) >= 11 is 0. The number of esters is 1. The first kappa shape index (κ1) is 13.9. The number of rotatable bonds is 5. The normalized spacial score (nSPS) is 11.2. The summed E-state index contributed by atoms with van der Waals surface area (Å²) in [6.07, 6.45) is -0.408. The van der Waals surface area contributed by atoms with Crippen LogP contribution in [-0.2, 0) is 18.4 Å². The topological polar surface area (TPSA) is 61.8 Å². The van der Waals surface area contributed by atoms with Crippen molar-refractivity contribution < 1.29 is 23.1 Å². The molecule has 0 saturated carbocycles. The SMILES string of the molecule is COP(=O)(CC(=O)Oc1ccccc1C)OC. The van der Waals surface area contributed by atoms with E-state index in [1.54, 1.807) is 12.1 Å². The minimum atomic E-state index is -3.36. The van der Waals surface area contributed by atoms with Gasteiger partial charge in [0.15, 0.2) is 0 Å². The van der Waals surface area contributed by atoms with Crippen LogP contribution in [0.1, 0.15) is 5.56 Å². The van der Waals surface area contributed by atoms with Gasteiger partial charge in [0.05, 0.1) is 0 Å². The van der Waals surface area contributed by atoms with Crippen LogP contribution in [-0.4, -0.2) is 26.4 Å². The Morgan fingerprint density at radius 2 is 1.82 bits per heavy atom. The summed E-state index contributed by atoms with van der Waals surface area (Å²) in [6, 6.07) is 7.07. The van der Waals surface area contributed by atoms with Gasteiger partial charge in [0.25, 0.3) is 0 Å². The molecule has 0 heterocycles. The molecule has 94 valence electrons. The quantitative estimate of drug-likeness (QED) is 0.461. The van der Waals surface area contributed by atoms with E-state index in [0.29, 0.717) is 5.75 Å². The summed E-state index contributed by atoms with van der Waals surface area (Å²) in [5.74, 6) is -0.206. The zero-order chi connectivity index (χ0) is 12.9. The van der Waals surface area contributed by atoms with Crippen LogP contribution in [0.15, 0.2) is 24.3 Å². The maximum atomic E-state index is 11.7. The summed E-state index contributed by atoms with van der Waals surface area (Å²) in [6.45, 7) is 1.81. The van der Waals surface area contributed by atoms with E-state index in [2.05, 4.69) is 9.05 Å². The number of hydrogen-bond donors (Lipinski definition) is 0. The molecule has 1 aromatic carbocycles.